The van der Waals surface area contributed by atoms with Crippen LogP contribution in [0.5, 0.6) is 5.75 Å². The lowest BCUT2D eigenvalue weighted by molar-refractivity contribution is -0.132. The highest BCUT2D eigenvalue weighted by atomic mass is 16.5. The van der Waals surface area contributed by atoms with E-state index in [9.17, 15) is 9.90 Å². The van der Waals surface area contributed by atoms with E-state index < -0.39 is 0 Å². The molecular weight excluding hydrogens is 278 g/mol. The van der Waals surface area contributed by atoms with Gasteiger partial charge in [0.2, 0.25) is 5.91 Å². The van der Waals surface area contributed by atoms with Gasteiger partial charge in [0, 0.05) is 19.0 Å². The first-order valence-corrected chi connectivity index (χ1v) is 8.12. The van der Waals surface area contributed by atoms with Crippen LogP contribution in [0, 0.1) is 0 Å². The van der Waals surface area contributed by atoms with E-state index in [0.717, 1.165) is 30.7 Å². The summed E-state index contributed by atoms with van der Waals surface area (Å²) in [6.45, 7) is 4.70. The molecule has 22 heavy (non-hydrogen) atoms. The van der Waals surface area contributed by atoms with Gasteiger partial charge in [-0.1, -0.05) is 19.1 Å². The van der Waals surface area contributed by atoms with Crippen LogP contribution in [0.25, 0.3) is 0 Å². The molecule has 0 spiro atoms. The molecule has 1 fully saturated rings. The Kier molecular flexibility index (Phi) is 5.83. The van der Waals surface area contributed by atoms with Crippen LogP contribution in [0.1, 0.15) is 51.0 Å². The molecule has 0 aromatic heterocycles. The van der Waals surface area contributed by atoms with Gasteiger partial charge in [0.15, 0.2) is 0 Å². The number of carbonyl (C=O) groups is 1. The topological polar surface area (TPSA) is 49.8 Å². The van der Waals surface area contributed by atoms with Gasteiger partial charge in [0.25, 0.3) is 0 Å². The molecule has 0 bridgehead atoms. The molecule has 1 saturated heterocycles. The quantitative estimate of drug-likeness (QED) is 0.879. The van der Waals surface area contributed by atoms with Crippen molar-refractivity contribution in [3.8, 4) is 5.75 Å². The third kappa shape index (κ3) is 4.23. The van der Waals surface area contributed by atoms with Gasteiger partial charge < -0.3 is 14.7 Å². The van der Waals surface area contributed by atoms with Crippen molar-refractivity contribution < 1.29 is 14.6 Å². The molecule has 1 amide bonds. The molecule has 122 valence electrons. The standard InChI is InChI=1S/C18H27NO3/c1-13(15-6-8-17(22-3)9-7-15)11-18(21)19-10-4-5-16(19)12-14(2)20/h6-9,13-14,16,20H,4-5,10-12H2,1-3H3. The van der Waals surface area contributed by atoms with Crippen LogP contribution in [0.4, 0.5) is 0 Å². The summed E-state index contributed by atoms with van der Waals surface area (Å²) in [7, 11) is 1.65. The maximum atomic E-state index is 12.6. The van der Waals surface area contributed by atoms with Crippen molar-refractivity contribution in [2.24, 2.45) is 0 Å². The second kappa shape index (κ2) is 7.63. The zero-order chi connectivity index (χ0) is 16.1. The average molecular weight is 305 g/mol. The monoisotopic (exact) mass is 305 g/mol. The summed E-state index contributed by atoms with van der Waals surface area (Å²) < 4.78 is 5.16. The first kappa shape index (κ1) is 16.8. The lowest BCUT2D eigenvalue weighted by Gasteiger charge is -2.27. The predicted molar refractivity (Wildman–Crippen MR) is 87.1 cm³/mol. The Balaban J connectivity index is 1.95. The first-order valence-electron chi connectivity index (χ1n) is 8.12. The van der Waals surface area contributed by atoms with Crippen LogP contribution in [-0.4, -0.2) is 41.7 Å². The molecule has 1 heterocycles. The van der Waals surface area contributed by atoms with Gasteiger partial charge in [-0.15, -0.1) is 0 Å². The van der Waals surface area contributed by atoms with E-state index in [0.29, 0.717) is 12.8 Å². The number of aliphatic hydroxyl groups excluding tert-OH is 1. The summed E-state index contributed by atoms with van der Waals surface area (Å²) in [5.41, 5.74) is 1.15. The molecule has 3 atom stereocenters. The molecule has 1 N–H and O–H groups in total. The van der Waals surface area contributed by atoms with E-state index in [4.69, 9.17) is 4.74 Å². The van der Waals surface area contributed by atoms with Gasteiger partial charge in [-0.2, -0.15) is 0 Å². The molecule has 1 aliphatic heterocycles. The number of hydrogen-bond donors (Lipinski definition) is 1. The number of ether oxygens (including phenoxy) is 1. The Morgan fingerprint density at radius 1 is 1.36 bits per heavy atom. The van der Waals surface area contributed by atoms with Crippen molar-refractivity contribution >= 4 is 5.91 Å². The summed E-state index contributed by atoms with van der Waals surface area (Å²) >= 11 is 0. The number of rotatable bonds is 6. The number of amides is 1. The van der Waals surface area contributed by atoms with Crippen molar-refractivity contribution in [2.45, 2.75) is 57.6 Å². The average Bonchev–Trinajstić information content (AvgIpc) is 2.94. The van der Waals surface area contributed by atoms with Crippen molar-refractivity contribution in [2.75, 3.05) is 13.7 Å². The van der Waals surface area contributed by atoms with Gasteiger partial charge in [0.1, 0.15) is 5.75 Å². The van der Waals surface area contributed by atoms with Crippen LogP contribution in [-0.2, 0) is 4.79 Å². The third-order valence-corrected chi connectivity index (χ3v) is 4.48. The zero-order valence-electron chi connectivity index (χ0n) is 13.8. The SMILES string of the molecule is COc1ccc(C(C)CC(=O)N2CCCC2CC(C)O)cc1. The first-order chi connectivity index (χ1) is 10.5. The molecule has 0 aliphatic carbocycles. The van der Waals surface area contributed by atoms with E-state index >= 15 is 0 Å². The van der Waals surface area contributed by atoms with Crippen molar-refractivity contribution in [1.82, 2.24) is 4.90 Å². The number of likely N-dealkylation sites (tertiary alicyclic amines) is 1. The molecule has 2 rings (SSSR count). The summed E-state index contributed by atoms with van der Waals surface area (Å²) in [5.74, 6) is 1.22. The minimum Gasteiger partial charge on any atom is -0.497 e. The van der Waals surface area contributed by atoms with E-state index in [2.05, 4.69) is 6.92 Å². The molecule has 4 heteroatoms. The highest BCUT2D eigenvalue weighted by molar-refractivity contribution is 5.77. The second-order valence-corrected chi connectivity index (χ2v) is 6.35. The largest absolute Gasteiger partial charge is 0.497 e. The van der Waals surface area contributed by atoms with Gasteiger partial charge in [0.05, 0.1) is 13.2 Å². The number of benzene rings is 1. The fraction of sp³-hybridized carbons (Fsp3) is 0.611. The number of hydrogen-bond acceptors (Lipinski definition) is 3. The Morgan fingerprint density at radius 2 is 2.05 bits per heavy atom. The van der Waals surface area contributed by atoms with E-state index in [-0.39, 0.29) is 24.0 Å². The Morgan fingerprint density at radius 3 is 2.64 bits per heavy atom. The minimum absolute atomic E-state index is 0.186. The maximum absolute atomic E-state index is 12.6. The van der Waals surface area contributed by atoms with Crippen molar-refractivity contribution in [3.05, 3.63) is 29.8 Å². The molecule has 0 radical (unpaired) electrons. The molecule has 1 aromatic rings. The zero-order valence-corrected chi connectivity index (χ0v) is 13.8. The number of methoxy groups -OCH3 is 1. The lowest BCUT2D eigenvalue weighted by Crippen LogP contribution is -2.37. The van der Waals surface area contributed by atoms with Crippen LogP contribution >= 0.6 is 0 Å². The maximum Gasteiger partial charge on any atom is 0.223 e. The van der Waals surface area contributed by atoms with Crippen LogP contribution < -0.4 is 4.74 Å². The summed E-state index contributed by atoms with van der Waals surface area (Å²) in [6.07, 6.45) is 2.90. The van der Waals surface area contributed by atoms with E-state index in [1.54, 1.807) is 14.0 Å². The number of nitrogens with zero attached hydrogens (tertiary/aromatic N) is 1. The summed E-state index contributed by atoms with van der Waals surface area (Å²) in [6, 6.07) is 8.11. The predicted octanol–water partition coefficient (Wildman–Crippen LogP) is 2.95. The Hall–Kier alpha value is -1.55. The van der Waals surface area contributed by atoms with Gasteiger partial charge in [-0.05, 0) is 49.8 Å². The van der Waals surface area contributed by atoms with Crippen LogP contribution in [0.3, 0.4) is 0 Å². The fourth-order valence-corrected chi connectivity index (χ4v) is 3.23. The number of carbonyl (C=O) groups excluding carboxylic acids is 1. The van der Waals surface area contributed by atoms with Gasteiger partial charge in [-0.3, -0.25) is 4.79 Å². The van der Waals surface area contributed by atoms with Gasteiger partial charge in [-0.25, -0.2) is 0 Å². The van der Waals surface area contributed by atoms with Crippen LogP contribution in [0.15, 0.2) is 24.3 Å². The highest BCUT2D eigenvalue weighted by Gasteiger charge is 2.30. The second-order valence-electron chi connectivity index (χ2n) is 6.35. The van der Waals surface area contributed by atoms with Gasteiger partial charge >= 0.3 is 0 Å². The molecule has 0 saturated carbocycles. The number of aliphatic hydroxyl groups is 1. The smallest absolute Gasteiger partial charge is 0.223 e. The molecule has 3 unspecified atom stereocenters. The minimum atomic E-state index is -0.350. The molecule has 1 aliphatic rings. The van der Waals surface area contributed by atoms with E-state index in [1.807, 2.05) is 29.2 Å². The Labute approximate surface area is 133 Å². The highest BCUT2D eigenvalue weighted by Crippen LogP contribution is 2.27. The van der Waals surface area contributed by atoms with Crippen molar-refractivity contribution in [1.29, 1.82) is 0 Å². The lowest BCUT2D eigenvalue weighted by atomic mass is 9.96. The molecular formula is C18H27NO3. The van der Waals surface area contributed by atoms with E-state index in [1.165, 1.54) is 0 Å². The normalized spacial score (nSPS) is 20.7. The third-order valence-electron chi connectivity index (χ3n) is 4.48. The molecule has 4 nitrogen and oxygen atoms in total. The van der Waals surface area contributed by atoms with Crippen LogP contribution in [0.2, 0.25) is 0 Å². The summed E-state index contributed by atoms with van der Waals surface area (Å²) in [5, 5.41) is 9.57. The fourth-order valence-electron chi connectivity index (χ4n) is 3.23. The molecule has 1 aromatic carbocycles. The Bertz CT molecular complexity index is 484. The summed E-state index contributed by atoms with van der Waals surface area (Å²) in [4.78, 5) is 14.5. The van der Waals surface area contributed by atoms with Crippen molar-refractivity contribution in [3.63, 3.8) is 0 Å².